The zero-order valence-electron chi connectivity index (χ0n) is 11.8. The van der Waals surface area contributed by atoms with Gasteiger partial charge in [0.05, 0.1) is 5.39 Å². The third-order valence-electron chi connectivity index (χ3n) is 4.50. The van der Waals surface area contributed by atoms with E-state index in [0.717, 1.165) is 17.6 Å². The molecule has 3 rings (SSSR count). The van der Waals surface area contributed by atoms with Gasteiger partial charge in [0.15, 0.2) is 0 Å². The fourth-order valence-corrected chi connectivity index (χ4v) is 3.14. The lowest BCUT2D eigenvalue weighted by molar-refractivity contribution is 0.283. The lowest BCUT2D eigenvalue weighted by Gasteiger charge is -2.21. The molecule has 0 amide bonds. The van der Waals surface area contributed by atoms with E-state index >= 15 is 0 Å². The minimum Gasteiger partial charge on any atom is -0.383 e. The van der Waals surface area contributed by atoms with Crippen molar-refractivity contribution >= 4 is 16.9 Å². The molecule has 1 fully saturated rings. The van der Waals surface area contributed by atoms with Crippen LogP contribution in [0.15, 0.2) is 6.33 Å². The lowest BCUT2D eigenvalue weighted by Crippen LogP contribution is -2.29. The maximum atomic E-state index is 6.00. The number of aromatic nitrogens is 3. The lowest BCUT2D eigenvalue weighted by atomic mass is 10.2. The number of rotatable bonds is 2. The summed E-state index contributed by atoms with van der Waals surface area (Å²) in [5.41, 5.74) is 9.43. The summed E-state index contributed by atoms with van der Waals surface area (Å²) in [4.78, 5) is 11.0. The average Bonchev–Trinajstić information content (AvgIpc) is 2.89. The van der Waals surface area contributed by atoms with Crippen LogP contribution in [0.4, 0.5) is 5.82 Å². The smallest absolute Gasteiger partial charge is 0.145 e. The summed E-state index contributed by atoms with van der Waals surface area (Å²) in [5.74, 6) is 0.587. The van der Waals surface area contributed by atoms with Gasteiger partial charge in [-0.15, -0.1) is 0 Å². The predicted octanol–water partition coefficient (Wildman–Crippen LogP) is 1.72. The Morgan fingerprint density at radius 2 is 2.16 bits per heavy atom. The van der Waals surface area contributed by atoms with Crippen LogP contribution in [-0.4, -0.2) is 39.1 Å². The SMILES string of the molecule is Cc1c(C)n(CC2CCCN2C)c2ncnc(N)c12. The first-order valence-corrected chi connectivity index (χ1v) is 6.85. The van der Waals surface area contributed by atoms with Crippen molar-refractivity contribution in [3.63, 3.8) is 0 Å². The van der Waals surface area contributed by atoms with Crippen LogP contribution in [0.3, 0.4) is 0 Å². The van der Waals surface area contributed by atoms with E-state index in [4.69, 9.17) is 5.73 Å². The molecule has 19 heavy (non-hydrogen) atoms. The van der Waals surface area contributed by atoms with Crippen LogP contribution in [0, 0.1) is 13.8 Å². The molecule has 0 aliphatic carbocycles. The van der Waals surface area contributed by atoms with Gasteiger partial charge in [-0.05, 0) is 45.8 Å². The van der Waals surface area contributed by atoms with Crippen LogP contribution in [0.2, 0.25) is 0 Å². The maximum absolute atomic E-state index is 6.00. The van der Waals surface area contributed by atoms with Crippen molar-refractivity contribution in [3.05, 3.63) is 17.6 Å². The summed E-state index contributed by atoms with van der Waals surface area (Å²) < 4.78 is 2.30. The quantitative estimate of drug-likeness (QED) is 0.892. The molecule has 0 radical (unpaired) electrons. The Hall–Kier alpha value is -1.62. The van der Waals surface area contributed by atoms with E-state index in [1.807, 2.05) is 0 Å². The highest BCUT2D eigenvalue weighted by Crippen LogP contribution is 2.28. The van der Waals surface area contributed by atoms with Crippen LogP contribution < -0.4 is 5.73 Å². The molecule has 0 spiro atoms. The molecule has 5 nitrogen and oxygen atoms in total. The molecular weight excluding hydrogens is 238 g/mol. The summed E-state index contributed by atoms with van der Waals surface area (Å²) in [7, 11) is 2.20. The van der Waals surface area contributed by atoms with Crippen LogP contribution in [0.5, 0.6) is 0 Å². The highest BCUT2D eigenvalue weighted by Gasteiger charge is 2.24. The number of hydrogen-bond donors (Lipinski definition) is 1. The maximum Gasteiger partial charge on any atom is 0.145 e. The second-order valence-electron chi connectivity index (χ2n) is 5.56. The minimum atomic E-state index is 0.587. The van der Waals surface area contributed by atoms with Gasteiger partial charge in [-0.25, -0.2) is 9.97 Å². The van der Waals surface area contributed by atoms with Crippen molar-refractivity contribution in [2.45, 2.75) is 39.3 Å². The number of nitrogen functional groups attached to an aromatic ring is 1. The number of hydrogen-bond acceptors (Lipinski definition) is 4. The molecule has 0 bridgehead atoms. The zero-order valence-corrected chi connectivity index (χ0v) is 11.8. The summed E-state index contributed by atoms with van der Waals surface area (Å²) >= 11 is 0. The van der Waals surface area contributed by atoms with Gasteiger partial charge in [0.25, 0.3) is 0 Å². The number of anilines is 1. The first-order chi connectivity index (χ1) is 9.09. The zero-order chi connectivity index (χ0) is 13.6. The Balaban J connectivity index is 2.08. The largest absolute Gasteiger partial charge is 0.383 e. The van der Waals surface area contributed by atoms with Gasteiger partial charge in [0.2, 0.25) is 0 Å². The molecular formula is C14H21N5. The van der Waals surface area contributed by atoms with Crippen molar-refractivity contribution in [3.8, 4) is 0 Å². The highest BCUT2D eigenvalue weighted by atomic mass is 15.2. The first-order valence-electron chi connectivity index (χ1n) is 6.85. The Kier molecular flexibility index (Phi) is 2.93. The first kappa shape index (κ1) is 12.4. The van der Waals surface area contributed by atoms with E-state index < -0.39 is 0 Å². The van der Waals surface area contributed by atoms with Crippen molar-refractivity contribution in [2.75, 3.05) is 19.3 Å². The second-order valence-corrected chi connectivity index (χ2v) is 5.56. The Morgan fingerprint density at radius 3 is 2.84 bits per heavy atom. The summed E-state index contributed by atoms with van der Waals surface area (Å²) in [6.07, 6.45) is 4.11. The fraction of sp³-hybridized carbons (Fsp3) is 0.571. The number of nitrogens with zero attached hydrogens (tertiary/aromatic N) is 4. The van der Waals surface area contributed by atoms with Crippen molar-refractivity contribution in [2.24, 2.45) is 0 Å². The van der Waals surface area contributed by atoms with Gasteiger partial charge in [-0.3, -0.25) is 0 Å². The third-order valence-corrected chi connectivity index (χ3v) is 4.50. The number of likely N-dealkylation sites (N-methyl/N-ethyl adjacent to an activating group) is 1. The summed E-state index contributed by atoms with van der Waals surface area (Å²) in [6.45, 7) is 6.43. The van der Waals surface area contributed by atoms with Crippen LogP contribution in [0.1, 0.15) is 24.1 Å². The standard InChI is InChI=1S/C14H21N5/c1-9-10(2)19(7-11-5-4-6-18(11)3)14-12(9)13(15)16-8-17-14/h8,11H,4-7H2,1-3H3,(H2,15,16,17). The van der Waals surface area contributed by atoms with E-state index in [-0.39, 0.29) is 0 Å². The van der Waals surface area contributed by atoms with Crippen LogP contribution in [0.25, 0.3) is 11.0 Å². The monoisotopic (exact) mass is 259 g/mol. The number of fused-ring (bicyclic) bond motifs is 1. The third kappa shape index (κ3) is 1.89. The average molecular weight is 259 g/mol. The molecule has 1 atom stereocenters. The Morgan fingerprint density at radius 1 is 1.37 bits per heavy atom. The molecule has 1 unspecified atom stereocenters. The fourth-order valence-electron chi connectivity index (χ4n) is 3.14. The van der Waals surface area contributed by atoms with E-state index in [1.54, 1.807) is 6.33 Å². The van der Waals surface area contributed by atoms with Crippen LogP contribution in [-0.2, 0) is 6.54 Å². The number of likely N-dealkylation sites (tertiary alicyclic amines) is 1. The number of nitrogens with two attached hydrogens (primary N) is 1. The molecule has 0 aromatic carbocycles. The number of aryl methyl sites for hydroxylation is 1. The Bertz CT molecular complexity index is 616. The van der Waals surface area contributed by atoms with E-state index in [1.165, 1.54) is 30.6 Å². The minimum absolute atomic E-state index is 0.587. The van der Waals surface area contributed by atoms with Crippen molar-refractivity contribution in [1.82, 2.24) is 19.4 Å². The molecule has 5 heteroatoms. The molecule has 1 aliphatic rings. The molecule has 2 aromatic heterocycles. The highest BCUT2D eigenvalue weighted by molar-refractivity contribution is 5.90. The van der Waals surface area contributed by atoms with Crippen molar-refractivity contribution in [1.29, 1.82) is 0 Å². The summed E-state index contributed by atoms with van der Waals surface area (Å²) in [6, 6.07) is 0.602. The van der Waals surface area contributed by atoms with Crippen LogP contribution >= 0.6 is 0 Å². The molecule has 1 aliphatic heterocycles. The summed E-state index contributed by atoms with van der Waals surface area (Å²) in [5, 5.41) is 1.01. The molecule has 3 heterocycles. The molecule has 2 N–H and O–H groups in total. The van der Waals surface area contributed by atoms with Gasteiger partial charge in [0.1, 0.15) is 17.8 Å². The van der Waals surface area contributed by atoms with Gasteiger partial charge < -0.3 is 15.2 Å². The topological polar surface area (TPSA) is 60.0 Å². The van der Waals surface area contributed by atoms with Gasteiger partial charge in [-0.2, -0.15) is 0 Å². The van der Waals surface area contributed by atoms with E-state index in [0.29, 0.717) is 11.9 Å². The normalized spacial score (nSPS) is 20.5. The molecule has 102 valence electrons. The van der Waals surface area contributed by atoms with Crippen molar-refractivity contribution < 1.29 is 0 Å². The Labute approximate surface area is 113 Å². The predicted molar refractivity (Wildman–Crippen MR) is 77.1 cm³/mol. The van der Waals surface area contributed by atoms with E-state index in [9.17, 15) is 0 Å². The van der Waals surface area contributed by atoms with Gasteiger partial charge >= 0.3 is 0 Å². The van der Waals surface area contributed by atoms with Gasteiger partial charge in [0, 0.05) is 18.3 Å². The van der Waals surface area contributed by atoms with Gasteiger partial charge in [-0.1, -0.05) is 0 Å². The molecule has 0 saturated carbocycles. The molecule has 1 saturated heterocycles. The van der Waals surface area contributed by atoms with E-state index in [2.05, 4.69) is 40.3 Å². The second kappa shape index (κ2) is 4.49. The molecule has 2 aromatic rings.